The second-order valence-corrected chi connectivity index (χ2v) is 13.5. The summed E-state index contributed by atoms with van der Waals surface area (Å²) >= 11 is 0. The molecule has 0 atom stereocenters. The fourth-order valence-corrected chi connectivity index (χ4v) is 6.80. The van der Waals surface area contributed by atoms with Crippen molar-refractivity contribution in [2.24, 2.45) is 0 Å². The molecule has 12 nitrogen and oxygen atoms in total. The van der Waals surface area contributed by atoms with Gasteiger partial charge in [-0.3, -0.25) is 0 Å². The second kappa shape index (κ2) is 16.4. The Balaban J connectivity index is 1.23. The maximum absolute atomic E-state index is 12.2. The van der Waals surface area contributed by atoms with Gasteiger partial charge in [-0.05, 0) is 83.9 Å². The average Bonchev–Trinajstić information content (AvgIpc) is 3.32. The van der Waals surface area contributed by atoms with Crippen molar-refractivity contribution >= 4 is 45.9 Å². The summed E-state index contributed by atoms with van der Waals surface area (Å²) in [7, 11) is 5.33. The van der Waals surface area contributed by atoms with Crippen LogP contribution in [-0.4, -0.2) is 72.3 Å². The van der Waals surface area contributed by atoms with Crippen molar-refractivity contribution in [2.45, 2.75) is 0 Å². The van der Waals surface area contributed by atoms with Crippen LogP contribution >= 0.6 is 0 Å². The Morgan fingerprint density at radius 1 is 0.300 bits per heavy atom. The van der Waals surface area contributed by atoms with Crippen molar-refractivity contribution in [3.05, 3.63) is 156 Å². The molecule has 0 bridgehead atoms. The van der Waals surface area contributed by atoms with Crippen LogP contribution in [0.5, 0.6) is 0 Å². The molecule has 6 aromatic carbocycles. The molecule has 8 rings (SSSR count). The van der Waals surface area contributed by atoms with Gasteiger partial charge in [-0.2, -0.15) is 0 Å². The van der Waals surface area contributed by atoms with Gasteiger partial charge < -0.3 is 18.9 Å². The quantitative estimate of drug-likeness (QED) is 0.101. The lowest BCUT2D eigenvalue weighted by atomic mass is 9.99. The van der Waals surface area contributed by atoms with Gasteiger partial charge in [0.05, 0.1) is 95.5 Å². The molecular formula is C48H34N4O8. The number of carbonyl (C=O) groups is 4. The molecule has 0 radical (unpaired) electrons. The molecule has 294 valence electrons. The maximum atomic E-state index is 12.2. The number of hydrogen-bond donors (Lipinski definition) is 0. The van der Waals surface area contributed by atoms with E-state index in [0.29, 0.717) is 67.1 Å². The molecule has 2 heterocycles. The number of esters is 4. The van der Waals surface area contributed by atoms with Crippen LogP contribution in [-0.2, 0) is 18.9 Å². The fraction of sp³-hybridized carbons (Fsp3) is 0.0833. The first kappa shape index (κ1) is 38.7. The van der Waals surface area contributed by atoms with Crippen LogP contribution in [0.1, 0.15) is 41.4 Å². The molecule has 0 fully saturated rings. The van der Waals surface area contributed by atoms with E-state index in [-0.39, 0.29) is 0 Å². The summed E-state index contributed by atoms with van der Waals surface area (Å²) < 4.78 is 19.6. The molecule has 0 unspecified atom stereocenters. The van der Waals surface area contributed by atoms with E-state index in [1.54, 1.807) is 97.1 Å². The minimum absolute atomic E-state index is 0.394. The van der Waals surface area contributed by atoms with E-state index in [0.717, 1.165) is 33.4 Å². The van der Waals surface area contributed by atoms with Crippen LogP contribution in [0.4, 0.5) is 0 Å². The van der Waals surface area contributed by atoms with E-state index in [9.17, 15) is 19.2 Å². The van der Waals surface area contributed by atoms with Gasteiger partial charge in [-0.15, -0.1) is 0 Å². The lowest BCUT2D eigenvalue weighted by Gasteiger charge is -2.13. The number of benzene rings is 6. The summed E-state index contributed by atoms with van der Waals surface area (Å²) in [6.45, 7) is 0. The number of nitrogens with zero attached hydrogens (tertiary/aromatic N) is 4. The van der Waals surface area contributed by atoms with E-state index in [1.807, 2.05) is 36.4 Å². The van der Waals surface area contributed by atoms with E-state index in [1.165, 1.54) is 28.4 Å². The zero-order valence-electron chi connectivity index (χ0n) is 32.8. The van der Waals surface area contributed by atoms with Gasteiger partial charge in [-0.1, -0.05) is 60.7 Å². The monoisotopic (exact) mass is 794 g/mol. The van der Waals surface area contributed by atoms with Gasteiger partial charge in [0.25, 0.3) is 0 Å². The predicted molar refractivity (Wildman–Crippen MR) is 225 cm³/mol. The Hall–Kier alpha value is -8.12. The third kappa shape index (κ3) is 7.52. The molecule has 8 aromatic rings. The molecule has 0 amide bonds. The van der Waals surface area contributed by atoms with Gasteiger partial charge >= 0.3 is 23.9 Å². The maximum Gasteiger partial charge on any atom is 0.337 e. The summed E-state index contributed by atoms with van der Waals surface area (Å²) in [4.78, 5) is 69.1. The summed E-state index contributed by atoms with van der Waals surface area (Å²) in [5.41, 5.74) is 11.0. The largest absolute Gasteiger partial charge is 0.465 e. The molecule has 0 N–H and O–H groups in total. The van der Waals surface area contributed by atoms with Crippen molar-refractivity contribution < 1.29 is 38.1 Å². The number of hydrogen-bond acceptors (Lipinski definition) is 12. The molecule has 0 spiro atoms. The zero-order chi connectivity index (χ0) is 41.9. The number of aromatic nitrogens is 4. The van der Waals surface area contributed by atoms with Crippen molar-refractivity contribution in [2.75, 3.05) is 28.4 Å². The number of rotatable bonds is 9. The lowest BCUT2D eigenvalue weighted by molar-refractivity contribution is 0.0592. The van der Waals surface area contributed by atoms with Gasteiger partial charge in [0.1, 0.15) is 0 Å². The Morgan fingerprint density at radius 2 is 0.517 bits per heavy atom. The molecule has 0 aliphatic carbocycles. The minimum Gasteiger partial charge on any atom is -0.465 e. The smallest absolute Gasteiger partial charge is 0.337 e. The summed E-state index contributed by atoms with van der Waals surface area (Å²) in [6, 6.07) is 39.4. The van der Waals surface area contributed by atoms with Crippen LogP contribution in [0.15, 0.2) is 133 Å². The van der Waals surface area contributed by atoms with Crippen LogP contribution in [0.3, 0.4) is 0 Å². The molecule has 0 aliphatic heterocycles. The molecule has 0 saturated heterocycles. The van der Waals surface area contributed by atoms with Crippen LogP contribution < -0.4 is 0 Å². The Bertz CT molecular complexity index is 2760. The van der Waals surface area contributed by atoms with Crippen molar-refractivity contribution in [3.63, 3.8) is 0 Å². The molecular weight excluding hydrogens is 761 g/mol. The predicted octanol–water partition coefficient (Wildman–Crippen LogP) is 9.05. The average molecular weight is 795 g/mol. The molecule has 0 saturated carbocycles. The number of fused-ring (bicyclic) bond motifs is 2. The normalized spacial score (nSPS) is 10.9. The Morgan fingerprint density at radius 3 is 0.750 bits per heavy atom. The van der Waals surface area contributed by atoms with Crippen molar-refractivity contribution in [3.8, 4) is 56.2 Å². The highest BCUT2D eigenvalue weighted by Gasteiger charge is 2.19. The van der Waals surface area contributed by atoms with E-state index >= 15 is 0 Å². The number of ether oxygens (including phenoxy) is 4. The van der Waals surface area contributed by atoms with Crippen molar-refractivity contribution in [1.29, 1.82) is 0 Å². The van der Waals surface area contributed by atoms with Crippen LogP contribution in [0.25, 0.3) is 78.2 Å². The molecule has 60 heavy (non-hydrogen) atoms. The van der Waals surface area contributed by atoms with Gasteiger partial charge in [0, 0.05) is 22.3 Å². The first-order chi connectivity index (χ1) is 29.2. The number of carbonyl (C=O) groups excluding carboxylic acids is 4. The third-order valence-electron chi connectivity index (χ3n) is 9.98. The van der Waals surface area contributed by atoms with Crippen LogP contribution in [0.2, 0.25) is 0 Å². The minimum atomic E-state index is -0.455. The summed E-state index contributed by atoms with van der Waals surface area (Å²) in [5, 5.41) is 0. The SMILES string of the molecule is COC(=O)c1ccc(-c2nc3ccc(-c4ccc5nc(-c6ccc(C(=O)OC)cc6)c(-c6ccc(C(=O)OC)cc6)nc5c4)cc3nc2-c2ccc(C(=O)OC)cc2)cc1. The zero-order valence-corrected chi connectivity index (χ0v) is 32.8. The second-order valence-electron chi connectivity index (χ2n) is 13.5. The molecule has 0 aliphatic rings. The topological polar surface area (TPSA) is 157 Å². The van der Waals surface area contributed by atoms with E-state index in [4.69, 9.17) is 38.9 Å². The molecule has 2 aromatic heterocycles. The Labute approximate surface area is 343 Å². The van der Waals surface area contributed by atoms with Gasteiger partial charge in [-0.25, -0.2) is 39.1 Å². The van der Waals surface area contributed by atoms with Gasteiger partial charge in [0.2, 0.25) is 0 Å². The Kier molecular flexibility index (Phi) is 10.6. The van der Waals surface area contributed by atoms with Gasteiger partial charge in [0.15, 0.2) is 0 Å². The molecule has 12 heteroatoms. The first-order valence-electron chi connectivity index (χ1n) is 18.6. The van der Waals surface area contributed by atoms with Crippen molar-refractivity contribution in [1.82, 2.24) is 19.9 Å². The fourth-order valence-electron chi connectivity index (χ4n) is 6.80. The highest BCUT2D eigenvalue weighted by molar-refractivity contribution is 5.96. The van der Waals surface area contributed by atoms with E-state index < -0.39 is 23.9 Å². The highest BCUT2D eigenvalue weighted by atomic mass is 16.5. The van der Waals surface area contributed by atoms with E-state index in [2.05, 4.69) is 0 Å². The lowest BCUT2D eigenvalue weighted by Crippen LogP contribution is -2.02. The summed E-state index contributed by atoms with van der Waals surface area (Å²) in [5.74, 6) is -1.81. The van der Waals surface area contributed by atoms with Crippen LogP contribution in [0, 0.1) is 0 Å². The highest BCUT2D eigenvalue weighted by Crippen LogP contribution is 2.36. The standard InChI is InChI=1S/C48H34N4O8/c1-57-45(53)31-13-5-27(6-14-31)41-43(29-9-17-33(18-10-29)47(55)59-3)51-39-25-35(21-23-37(39)49-41)36-22-24-38-40(26-36)52-44(30-11-19-34(20-12-30)48(56)60-4)42(50-38)28-7-15-32(16-8-28)46(54)58-2/h5-26H,1-4H3. The third-order valence-corrected chi connectivity index (χ3v) is 9.98. The first-order valence-corrected chi connectivity index (χ1v) is 18.6. The summed E-state index contributed by atoms with van der Waals surface area (Å²) in [6.07, 6.45) is 0. The number of methoxy groups -OCH3 is 4.